The Balaban J connectivity index is 1.32. The summed E-state index contributed by atoms with van der Waals surface area (Å²) in [4.78, 5) is 11.7. The fourth-order valence-corrected chi connectivity index (χ4v) is 12.4. The molecule has 0 spiro atoms. The van der Waals surface area contributed by atoms with Crippen LogP contribution in [0.1, 0.15) is 26.3 Å². The Bertz CT molecular complexity index is 2340. The van der Waals surface area contributed by atoms with Crippen molar-refractivity contribution in [2.75, 3.05) is 0 Å². The lowest BCUT2D eigenvalue weighted by molar-refractivity contribution is 0.591. The van der Waals surface area contributed by atoms with E-state index in [2.05, 4.69) is 186 Å². The first-order valence-electron chi connectivity index (χ1n) is 17.3. The third-order valence-electron chi connectivity index (χ3n) is 9.99. The third-order valence-corrected chi connectivity index (χ3v) is 14.9. The van der Waals surface area contributed by atoms with Gasteiger partial charge in [0.2, 0.25) is 0 Å². The summed E-state index contributed by atoms with van der Waals surface area (Å²) in [6.45, 7) is 11.7. The maximum atomic E-state index is 5.31. The first-order valence-corrected chi connectivity index (χ1v) is 21.1. The van der Waals surface area contributed by atoms with Crippen molar-refractivity contribution in [3.63, 3.8) is 0 Å². The summed E-state index contributed by atoms with van der Waals surface area (Å²) in [6.07, 6.45) is 2.12. The maximum absolute atomic E-state index is 5.31. The minimum absolute atomic E-state index is 0.141. The smallest absolute Gasteiger partial charge is 0.160 e. The van der Waals surface area contributed by atoms with Crippen molar-refractivity contribution in [3.8, 4) is 55.9 Å². The summed E-state index contributed by atoms with van der Waals surface area (Å²) in [5.41, 5.74) is 11.8. The Morgan fingerprint density at radius 3 is 1.54 bits per heavy atom. The number of aromatic nitrogens is 2. The highest BCUT2D eigenvalue weighted by Gasteiger charge is 2.36. The van der Waals surface area contributed by atoms with Crippen LogP contribution in [0.3, 0.4) is 0 Å². The van der Waals surface area contributed by atoms with Gasteiger partial charge >= 0.3 is 0 Å². The second kappa shape index (κ2) is 12.7. The number of rotatable bonds is 5. The van der Waals surface area contributed by atoms with E-state index in [1.165, 1.54) is 65.3 Å². The molecule has 0 fully saturated rings. The predicted octanol–water partition coefficient (Wildman–Crippen LogP) is 11.4. The molecule has 0 aliphatic carbocycles. The highest BCUT2D eigenvalue weighted by Crippen LogP contribution is 2.44. The number of nitrogens with zero attached hydrogens (tertiary/aromatic N) is 2. The molecule has 0 unspecified atom stereocenters. The van der Waals surface area contributed by atoms with Gasteiger partial charge in [-0.3, -0.25) is 0 Å². The normalized spacial score (nSPS) is 13.4. The van der Waals surface area contributed by atoms with Crippen molar-refractivity contribution in [1.29, 1.82) is 0 Å². The van der Waals surface area contributed by atoms with Gasteiger partial charge in [-0.05, 0) is 90.1 Å². The molecule has 0 saturated carbocycles. The van der Waals surface area contributed by atoms with Gasteiger partial charge in [0.15, 0.2) is 5.82 Å². The summed E-state index contributed by atoms with van der Waals surface area (Å²) >= 11 is 1.79. The van der Waals surface area contributed by atoms with Crippen LogP contribution in [-0.4, -0.2) is 18.0 Å². The summed E-state index contributed by atoms with van der Waals surface area (Å²) in [7, 11) is -1.91. The van der Waals surface area contributed by atoms with Crippen molar-refractivity contribution >= 4 is 30.2 Å². The van der Waals surface area contributed by atoms with Gasteiger partial charge in [0.05, 0.1) is 0 Å². The molecule has 7 aromatic rings. The van der Waals surface area contributed by atoms with Crippen LogP contribution < -0.4 is 10.4 Å². The SMILES string of the molecule is CC(C)(C)c1cc(-c2cc(-c3ccccc3)c(-c3ccccc3)cc2-c2ccccc2)ccc1-c1ncc2c(n1)Sc1ccccc1[Si]2(C)C. The topological polar surface area (TPSA) is 25.8 Å². The molecular weight excluding hydrogens is 641 g/mol. The first kappa shape index (κ1) is 32.2. The minimum atomic E-state index is -1.91. The van der Waals surface area contributed by atoms with Crippen molar-refractivity contribution in [2.24, 2.45) is 0 Å². The van der Waals surface area contributed by atoms with Crippen molar-refractivity contribution in [3.05, 3.63) is 157 Å². The molecule has 2 heterocycles. The first-order chi connectivity index (χ1) is 24.2. The van der Waals surface area contributed by atoms with Crippen LogP contribution in [0, 0.1) is 0 Å². The van der Waals surface area contributed by atoms with Crippen LogP contribution in [0.4, 0.5) is 0 Å². The molecule has 0 radical (unpaired) electrons. The highest BCUT2D eigenvalue weighted by atomic mass is 32.2. The van der Waals surface area contributed by atoms with E-state index in [-0.39, 0.29) is 5.41 Å². The van der Waals surface area contributed by atoms with Crippen molar-refractivity contribution in [2.45, 2.75) is 49.2 Å². The second-order valence-electron chi connectivity index (χ2n) is 14.7. The quantitative estimate of drug-likeness (QED) is 0.134. The van der Waals surface area contributed by atoms with Crippen LogP contribution in [0.2, 0.25) is 13.1 Å². The Morgan fingerprint density at radius 1 is 0.500 bits per heavy atom. The average Bonchev–Trinajstić information content (AvgIpc) is 3.14. The lowest BCUT2D eigenvalue weighted by Crippen LogP contribution is -2.56. The molecule has 1 aliphatic rings. The molecule has 1 aliphatic heterocycles. The Kier molecular flexibility index (Phi) is 8.17. The molecule has 0 saturated heterocycles. The standard InChI is InChI=1S/C46H40N2SSi/c1-46(2,3)40-27-34(25-26-35(40)44-47-30-43-45(48-44)49-41-23-15-16-24-42(41)50(43,4)5)39-29-37(32-19-11-7-12-20-32)36(31-17-9-6-10-18-31)28-38(39)33-21-13-8-14-22-33/h6-30H,1-5H3. The van der Waals surface area contributed by atoms with Crippen LogP contribution >= 0.6 is 11.8 Å². The van der Waals surface area contributed by atoms with Gasteiger partial charge in [0.1, 0.15) is 13.1 Å². The molecule has 0 bridgehead atoms. The molecule has 1 aromatic heterocycles. The molecule has 244 valence electrons. The zero-order valence-corrected chi connectivity index (χ0v) is 31.1. The minimum Gasteiger partial charge on any atom is -0.237 e. The fourth-order valence-electron chi connectivity index (χ4n) is 7.26. The molecule has 0 N–H and O–H groups in total. The van der Waals surface area contributed by atoms with Crippen LogP contribution in [-0.2, 0) is 5.41 Å². The average molecular weight is 681 g/mol. The maximum Gasteiger partial charge on any atom is 0.160 e. The highest BCUT2D eigenvalue weighted by molar-refractivity contribution is 8.00. The number of benzene rings is 6. The van der Waals surface area contributed by atoms with Gasteiger partial charge in [0, 0.05) is 16.7 Å². The summed E-state index contributed by atoms with van der Waals surface area (Å²) in [5.74, 6) is 0.796. The van der Waals surface area contributed by atoms with E-state index >= 15 is 0 Å². The van der Waals surface area contributed by atoms with Gasteiger partial charge in [-0.25, -0.2) is 9.97 Å². The monoisotopic (exact) mass is 680 g/mol. The van der Waals surface area contributed by atoms with Crippen LogP contribution in [0.25, 0.3) is 55.9 Å². The van der Waals surface area contributed by atoms with Crippen molar-refractivity contribution < 1.29 is 0 Å². The van der Waals surface area contributed by atoms with Gasteiger partial charge in [-0.1, -0.05) is 167 Å². The third kappa shape index (κ3) is 5.83. The molecular formula is C46H40N2SSi. The molecule has 6 aromatic carbocycles. The molecule has 0 atom stereocenters. The van der Waals surface area contributed by atoms with Gasteiger partial charge < -0.3 is 0 Å². The number of hydrogen-bond acceptors (Lipinski definition) is 3. The van der Waals surface area contributed by atoms with E-state index in [0.717, 1.165) is 16.4 Å². The fraction of sp³-hybridized carbons (Fsp3) is 0.130. The molecule has 50 heavy (non-hydrogen) atoms. The summed E-state index contributed by atoms with van der Waals surface area (Å²) in [5, 5.41) is 3.89. The Labute approximate surface area is 301 Å². The lowest BCUT2D eigenvalue weighted by atomic mass is 9.80. The van der Waals surface area contributed by atoms with Crippen LogP contribution in [0.5, 0.6) is 0 Å². The van der Waals surface area contributed by atoms with E-state index < -0.39 is 8.07 Å². The largest absolute Gasteiger partial charge is 0.237 e. The summed E-state index contributed by atoms with van der Waals surface area (Å²) < 4.78 is 0. The number of hydrogen-bond donors (Lipinski definition) is 0. The molecule has 2 nitrogen and oxygen atoms in total. The zero-order chi connectivity index (χ0) is 34.5. The Morgan fingerprint density at radius 2 is 1.00 bits per heavy atom. The summed E-state index contributed by atoms with van der Waals surface area (Å²) in [6, 6.07) is 52.8. The zero-order valence-electron chi connectivity index (χ0n) is 29.2. The van der Waals surface area contributed by atoms with E-state index in [0.29, 0.717) is 0 Å². The van der Waals surface area contributed by atoms with E-state index in [4.69, 9.17) is 9.97 Å². The van der Waals surface area contributed by atoms with E-state index in [1.54, 1.807) is 11.8 Å². The molecule has 4 heteroatoms. The van der Waals surface area contributed by atoms with Crippen molar-refractivity contribution in [1.82, 2.24) is 9.97 Å². The molecule has 8 rings (SSSR count). The predicted molar refractivity (Wildman–Crippen MR) is 215 cm³/mol. The molecule has 0 amide bonds. The van der Waals surface area contributed by atoms with Gasteiger partial charge in [-0.2, -0.15) is 0 Å². The van der Waals surface area contributed by atoms with E-state index in [9.17, 15) is 0 Å². The number of fused-ring (bicyclic) bond motifs is 2. The Hall–Kier alpha value is -5.03. The van der Waals surface area contributed by atoms with Crippen LogP contribution in [0.15, 0.2) is 162 Å². The lowest BCUT2D eigenvalue weighted by Gasteiger charge is -2.32. The van der Waals surface area contributed by atoms with Gasteiger partial charge in [0.25, 0.3) is 0 Å². The van der Waals surface area contributed by atoms with Gasteiger partial charge in [-0.15, -0.1) is 0 Å². The second-order valence-corrected chi connectivity index (χ2v) is 20.0. The van der Waals surface area contributed by atoms with E-state index in [1.807, 2.05) is 0 Å².